The Morgan fingerprint density at radius 2 is 1.83 bits per heavy atom. The van der Waals surface area contributed by atoms with E-state index in [0.29, 0.717) is 12.7 Å². The number of imidazole rings is 1. The van der Waals surface area contributed by atoms with Crippen molar-refractivity contribution in [2.45, 2.75) is 26.1 Å². The molecule has 3 aromatic rings. The minimum absolute atomic E-state index is 0.0470. The molecule has 0 saturated heterocycles. The Hall–Kier alpha value is -3.06. The van der Waals surface area contributed by atoms with Crippen LogP contribution in [0.4, 0.5) is 11.6 Å². The average Bonchev–Trinajstić information content (AvgIpc) is 3.13. The first-order valence-electron chi connectivity index (χ1n) is 10.1. The van der Waals surface area contributed by atoms with Gasteiger partial charge in [0.25, 0.3) is 0 Å². The molecular weight excluding hydrogens is 362 g/mol. The summed E-state index contributed by atoms with van der Waals surface area (Å²) in [5.74, 6) is 1.84. The SMILES string of the molecule is CC(C)N1CN=C2NC(c3ccc(N(C)C)cc3)n3c(nc4ccccc43)N2C1. The van der Waals surface area contributed by atoms with Crippen molar-refractivity contribution in [3.05, 3.63) is 54.1 Å². The van der Waals surface area contributed by atoms with Crippen LogP contribution in [0.2, 0.25) is 0 Å². The van der Waals surface area contributed by atoms with E-state index in [9.17, 15) is 0 Å². The highest BCUT2D eigenvalue weighted by Crippen LogP contribution is 2.34. The van der Waals surface area contributed by atoms with E-state index in [1.807, 2.05) is 6.07 Å². The van der Waals surface area contributed by atoms with Crippen molar-refractivity contribution in [1.29, 1.82) is 0 Å². The van der Waals surface area contributed by atoms with E-state index in [-0.39, 0.29) is 6.17 Å². The van der Waals surface area contributed by atoms with E-state index in [1.165, 1.54) is 11.3 Å². The van der Waals surface area contributed by atoms with E-state index in [0.717, 1.165) is 29.6 Å². The van der Waals surface area contributed by atoms with Gasteiger partial charge in [-0.2, -0.15) is 0 Å². The summed E-state index contributed by atoms with van der Waals surface area (Å²) in [6.45, 7) is 5.88. The van der Waals surface area contributed by atoms with Crippen LogP contribution in [0.25, 0.3) is 11.0 Å². The first kappa shape index (κ1) is 18.0. The highest BCUT2D eigenvalue weighted by Gasteiger charge is 2.36. The molecule has 0 radical (unpaired) electrons. The number of anilines is 2. The van der Waals surface area contributed by atoms with Gasteiger partial charge < -0.3 is 10.2 Å². The zero-order valence-electron chi connectivity index (χ0n) is 17.4. The largest absolute Gasteiger partial charge is 0.378 e. The second-order valence-electron chi connectivity index (χ2n) is 8.18. The van der Waals surface area contributed by atoms with Crippen LogP contribution in [0.15, 0.2) is 53.5 Å². The van der Waals surface area contributed by atoms with Crippen LogP contribution in [0, 0.1) is 0 Å². The lowest BCUT2D eigenvalue weighted by Gasteiger charge is -2.42. The summed E-state index contributed by atoms with van der Waals surface area (Å²) in [5.41, 5.74) is 4.50. The minimum atomic E-state index is -0.0470. The smallest absolute Gasteiger partial charge is 0.216 e. The van der Waals surface area contributed by atoms with Crippen LogP contribution in [0.3, 0.4) is 0 Å². The number of benzene rings is 2. The molecular formula is C22H27N7. The van der Waals surface area contributed by atoms with Crippen molar-refractivity contribution in [2.75, 3.05) is 37.2 Å². The normalized spacial score (nSPS) is 19.0. The van der Waals surface area contributed by atoms with Gasteiger partial charge in [-0.05, 0) is 43.7 Å². The summed E-state index contributed by atoms with van der Waals surface area (Å²) < 4.78 is 2.29. The fourth-order valence-electron chi connectivity index (χ4n) is 4.00. The van der Waals surface area contributed by atoms with Gasteiger partial charge in [0, 0.05) is 25.8 Å². The third-order valence-corrected chi connectivity index (χ3v) is 5.78. The molecule has 2 aromatic carbocycles. The van der Waals surface area contributed by atoms with Gasteiger partial charge in [-0.1, -0.05) is 24.3 Å². The number of para-hydroxylation sites is 2. The molecule has 3 heterocycles. The molecule has 0 amide bonds. The van der Waals surface area contributed by atoms with Crippen molar-refractivity contribution in [3.8, 4) is 0 Å². The van der Waals surface area contributed by atoms with Gasteiger partial charge in [0.15, 0.2) is 0 Å². The fourth-order valence-corrected chi connectivity index (χ4v) is 4.00. The van der Waals surface area contributed by atoms with Crippen LogP contribution in [-0.4, -0.2) is 53.9 Å². The molecule has 7 nitrogen and oxygen atoms in total. The van der Waals surface area contributed by atoms with Crippen LogP contribution in [-0.2, 0) is 0 Å². The summed E-state index contributed by atoms with van der Waals surface area (Å²) in [5, 5.41) is 3.67. The molecule has 1 aromatic heterocycles. The summed E-state index contributed by atoms with van der Waals surface area (Å²) in [6, 6.07) is 17.4. The molecule has 1 atom stereocenters. The van der Waals surface area contributed by atoms with Gasteiger partial charge in [0.1, 0.15) is 6.17 Å². The van der Waals surface area contributed by atoms with Gasteiger partial charge in [0.2, 0.25) is 11.9 Å². The van der Waals surface area contributed by atoms with E-state index in [4.69, 9.17) is 9.98 Å². The third kappa shape index (κ3) is 2.93. The van der Waals surface area contributed by atoms with Gasteiger partial charge in [-0.15, -0.1) is 0 Å². The van der Waals surface area contributed by atoms with Crippen molar-refractivity contribution in [2.24, 2.45) is 4.99 Å². The number of hydrogen-bond donors (Lipinski definition) is 1. The van der Waals surface area contributed by atoms with Crippen LogP contribution in [0.1, 0.15) is 25.6 Å². The molecule has 0 bridgehead atoms. The number of hydrogen-bond acceptors (Lipinski definition) is 6. The first-order valence-corrected chi connectivity index (χ1v) is 10.1. The molecule has 1 N–H and O–H groups in total. The molecule has 0 fully saturated rings. The van der Waals surface area contributed by atoms with Crippen molar-refractivity contribution >= 4 is 28.6 Å². The maximum Gasteiger partial charge on any atom is 0.216 e. The number of rotatable bonds is 3. The Labute approximate surface area is 171 Å². The summed E-state index contributed by atoms with van der Waals surface area (Å²) in [4.78, 5) is 16.5. The molecule has 0 aliphatic carbocycles. The summed E-state index contributed by atoms with van der Waals surface area (Å²) in [7, 11) is 4.12. The topological polar surface area (TPSA) is 51.9 Å². The second kappa shape index (κ2) is 6.77. The fraction of sp³-hybridized carbons (Fsp3) is 0.364. The number of aliphatic imine (C=N–C) groups is 1. The molecule has 150 valence electrons. The predicted molar refractivity (Wildman–Crippen MR) is 118 cm³/mol. The predicted octanol–water partition coefficient (Wildman–Crippen LogP) is 3.05. The van der Waals surface area contributed by atoms with E-state index >= 15 is 0 Å². The quantitative estimate of drug-likeness (QED) is 0.746. The molecule has 2 aliphatic heterocycles. The van der Waals surface area contributed by atoms with Crippen LogP contribution < -0.4 is 15.1 Å². The average molecular weight is 390 g/mol. The summed E-state index contributed by atoms with van der Waals surface area (Å²) in [6.07, 6.45) is -0.0470. The van der Waals surface area contributed by atoms with Crippen LogP contribution in [0.5, 0.6) is 0 Å². The Morgan fingerprint density at radius 3 is 2.55 bits per heavy atom. The second-order valence-corrected chi connectivity index (χ2v) is 8.18. The molecule has 1 unspecified atom stereocenters. The number of nitrogens with zero attached hydrogens (tertiary/aromatic N) is 6. The Kier molecular flexibility index (Phi) is 4.20. The van der Waals surface area contributed by atoms with E-state index in [1.54, 1.807) is 0 Å². The zero-order chi connectivity index (χ0) is 20.1. The highest BCUT2D eigenvalue weighted by atomic mass is 15.5. The van der Waals surface area contributed by atoms with Crippen molar-refractivity contribution in [1.82, 2.24) is 19.8 Å². The summed E-state index contributed by atoms with van der Waals surface area (Å²) >= 11 is 0. The lowest BCUT2D eigenvalue weighted by Crippen LogP contribution is -2.58. The molecule has 2 aliphatic rings. The zero-order valence-corrected chi connectivity index (χ0v) is 17.4. The number of nitrogens with one attached hydrogen (secondary N) is 1. The van der Waals surface area contributed by atoms with Crippen molar-refractivity contribution in [3.63, 3.8) is 0 Å². The lowest BCUT2D eigenvalue weighted by molar-refractivity contribution is 0.221. The number of aromatic nitrogens is 2. The molecule has 0 spiro atoms. The van der Waals surface area contributed by atoms with E-state index in [2.05, 4.69) is 95.0 Å². The third-order valence-electron chi connectivity index (χ3n) is 5.78. The number of fused-ring (bicyclic) bond motifs is 5. The van der Waals surface area contributed by atoms with Gasteiger partial charge in [-0.3, -0.25) is 14.4 Å². The minimum Gasteiger partial charge on any atom is -0.378 e. The highest BCUT2D eigenvalue weighted by molar-refractivity contribution is 5.98. The van der Waals surface area contributed by atoms with Gasteiger partial charge in [-0.25, -0.2) is 9.98 Å². The Bertz CT molecular complexity index is 1060. The van der Waals surface area contributed by atoms with Crippen LogP contribution >= 0.6 is 0 Å². The monoisotopic (exact) mass is 389 g/mol. The molecule has 0 saturated carbocycles. The molecule has 5 rings (SSSR count). The van der Waals surface area contributed by atoms with Crippen molar-refractivity contribution < 1.29 is 0 Å². The van der Waals surface area contributed by atoms with Gasteiger partial charge >= 0.3 is 0 Å². The van der Waals surface area contributed by atoms with Gasteiger partial charge in [0.05, 0.1) is 24.4 Å². The molecule has 29 heavy (non-hydrogen) atoms. The van der Waals surface area contributed by atoms with E-state index < -0.39 is 0 Å². The maximum absolute atomic E-state index is 4.99. The lowest BCUT2D eigenvalue weighted by atomic mass is 10.1. The Balaban J connectivity index is 1.64. The first-order chi connectivity index (χ1) is 14.0. The Morgan fingerprint density at radius 1 is 1.07 bits per heavy atom. The maximum atomic E-state index is 4.99. The molecule has 7 heteroatoms. The standard InChI is InChI=1S/C22H27N7/c1-15(2)27-13-23-21-25-20(16-9-11-17(12-10-16)26(3)4)29-19-8-6-5-7-18(19)24-22(29)28(21)14-27/h5-12,15,20H,13-14H2,1-4H3,(H,23,25). The number of guanidine groups is 1.